The second-order valence-corrected chi connectivity index (χ2v) is 13.1. The molecular weight excluding hydrogens is 592 g/mol. The number of aromatic nitrogens is 3. The maximum atomic E-state index is 11.2. The Kier molecular flexibility index (Phi) is 9.27. The van der Waals surface area contributed by atoms with E-state index in [1.165, 1.54) is 12.1 Å². The summed E-state index contributed by atoms with van der Waals surface area (Å²) in [6.45, 7) is 11.3. The highest BCUT2D eigenvalue weighted by molar-refractivity contribution is 5.34. The molecule has 4 saturated heterocycles. The Morgan fingerprint density at radius 3 is 2.80 bits per heavy atom. The number of hydrogen-bond acceptors (Lipinski definition) is 13. The number of nitrogens with zero attached hydrogens (tertiary/aromatic N) is 4. The van der Waals surface area contributed by atoms with Gasteiger partial charge in [-0.3, -0.25) is 14.8 Å². The monoisotopic (exact) mass is 634 g/mol. The fourth-order valence-electron chi connectivity index (χ4n) is 6.08. The number of non-ortho nitro benzene ring substituents is 1. The summed E-state index contributed by atoms with van der Waals surface area (Å²) in [5, 5.41) is 19.8. The van der Waals surface area contributed by atoms with Gasteiger partial charge in [-0.1, -0.05) is 24.3 Å². The number of aryl methyl sites for hydroxylation is 1. The van der Waals surface area contributed by atoms with E-state index in [1.54, 1.807) is 12.1 Å². The van der Waals surface area contributed by atoms with E-state index in [0.29, 0.717) is 30.3 Å². The number of fused-ring (bicyclic) bond motifs is 1. The first-order valence-corrected chi connectivity index (χ1v) is 15.4. The standard InChI is InChI=1S/C30H42N4O11/c1-19(9-10-24-28(2,3)45-43-27(42-24)20-7-6-8-22(13-20)34(35)36)11-12-33-14-21(31-32-33)15-37-26-25-23(38-18-39-25)16-40-30(26)17-41-29(4,5)44-30/h6-8,13-14,19,23-27H,9-12,15-18H2,1-5H3/t19?,23-,24?,25-,26?,27?,30+/m0/s1. The van der Waals surface area contributed by atoms with E-state index in [9.17, 15) is 10.1 Å². The molecule has 248 valence electrons. The van der Waals surface area contributed by atoms with Gasteiger partial charge in [-0.25, -0.2) is 4.89 Å². The molecule has 0 N–H and O–H groups in total. The van der Waals surface area contributed by atoms with E-state index >= 15 is 0 Å². The highest BCUT2D eigenvalue weighted by Crippen LogP contribution is 2.43. The molecule has 6 rings (SSSR count). The molecule has 2 aromatic rings. The Morgan fingerprint density at radius 2 is 2.02 bits per heavy atom. The smallest absolute Gasteiger partial charge is 0.269 e. The minimum atomic E-state index is -1.09. The van der Waals surface area contributed by atoms with Crippen molar-refractivity contribution in [2.45, 2.75) is 115 Å². The maximum absolute atomic E-state index is 11.2. The van der Waals surface area contributed by atoms with Crippen LogP contribution < -0.4 is 0 Å². The second kappa shape index (κ2) is 12.9. The molecule has 0 saturated carbocycles. The first kappa shape index (κ1) is 32.3. The Morgan fingerprint density at radius 1 is 1.18 bits per heavy atom. The van der Waals surface area contributed by atoms with Gasteiger partial charge in [0.25, 0.3) is 5.69 Å². The second-order valence-electron chi connectivity index (χ2n) is 13.1. The first-order valence-electron chi connectivity index (χ1n) is 15.4. The number of nitro benzene ring substituents is 1. The fraction of sp³-hybridized carbons (Fsp3) is 0.733. The normalized spacial score (nSPS) is 32.9. The van der Waals surface area contributed by atoms with Crippen molar-refractivity contribution < 1.29 is 47.9 Å². The summed E-state index contributed by atoms with van der Waals surface area (Å²) in [5.41, 5.74) is 0.503. The molecule has 0 bridgehead atoms. The predicted molar refractivity (Wildman–Crippen MR) is 153 cm³/mol. The lowest BCUT2D eigenvalue weighted by Crippen LogP contribution is -2.62. The summed E-state index contributed by atoms with van der Waals surface area (Å²) < 4.78 is 44.0. The summed E-state index contributed by atoms with van der Waals surface area (Å²) in [5.74, 6) is -1.54. The molecular formula is C30H42N4O11. The molecule has 45 heavy (non-hydrogen) atoms. The molecule has 4 aliphatic rings. The lowest BCUT2D eigenvalue weighted by atomic mass is 9.92. The molecule has 0 aliphatic carbocycles. The van der Waals surface area contributed by atoms with Gasteiger partial charge in [-0.05, 0) is 52.9 Å². The van der Waals surface area contributed by atoms with Crippen LogP contribution in [0.1, 0.15) is 71.4 Å². The average Bonchev–Trinajstić information content (AvgIpc) is 3.74. The van der Waals surface area contributed by atoms with Gasteiger partial charge in [0, 0.05) is 24.2 Å². The van der Waals surface area contributed by atoms with Crippen molar-refractivity contribution in [2.24, 2.45) is 5.92 Å². The van der Waals surface area contributed by atoms with E-state index in [4.69, 9.17) is 42.9 Å². The molecule has 5 heterocycles. The first-order chi connectivity index (χ1) is 21.4. The maximum Gasteiger partial charge on any atom is 0.269 e. The van der Waals surface area contributed by atoms with Crippen LogP contribution in [-0.4, -0.2) is 81.5 Å². The van der Waals surface area contributed by atoms with Crippen LogP contribution in [0.5, 0.6) is 0 Å². The summed E-state index contributed by atoms with van der Waals surface area (Å²) in [7, 11) is 0. The largest absolute Gasteiger partial charge is 0.363 e. The SMILES string of the molecule is CC(CCC1OC(c2cccc([N+](=O)[O-])c2)OOC1(C)C)CCn1cc(COC2[C@H]3OCO[C@H]3CO[C@@]23COC(C)(C)O3)nn1. The van der Waals surface area contributed by atoms with Crippen LogP contribution in [0.4, 0.5) is 5.69 Å². The van der Waals surface area contributed by atoms with Gasteiger partial charge in [-0.2, -0.15) is 4.89 Å². The molecule has 1 aromatic heterocycles. The number of ether oxygens (including phenoxy) is 7. The topological polar surface area (TPSA) is 157 Å². The third kappa shape index (κ3) is 7.21. The van der Waals surface area contributed by atoms with Gasteiger partial charge in [-0.15, -0.1) is 5.10 Å². The molecule has 4 unspecified atom stereocenters. The fourth-order valence-corrected chi connectivity index (χ4v) is 6.08. The van der Waals surface area contributed by atoms with E-state index < -0.39 is 34.5 Å². The third-order valence-electron chi connectivity index (χ3n) is 8.71. The Hall–Kier alpha value is -2.60. The van der Waals surface area contributed by atoms with Crippen molar-refractivity contribution in [1.82, 2.24) is 15.0 Å². The summed E-state index contributed by atoms with van der Waals surface area (Å²) in [6.07, 6.45) is 2.08. The Labute approximate surface area is 261 Å². The molecule has 1 spiro atoms. The van der Waals surface area contributed by atoms with Crippen LogP contribution in [0.2, 0.25) is 0 Å². The van der Waals surface area contributed by atoms with Gasteiger partial charge < -0.3 is 33.2 Å². The van der Waals surface area contributed by atoms with E-state index in [1.807, 2.05) is 38.6 Å². The molecule has 0 radical (unpaired) electrons. The molecule has 15 nitrogen and oxygen atoms in total. The Balaban J connectivity index is 0.990. The van der Waals surface area contributed by atoms with Crippen LogP contribution in [0.15, 0.2) is 30.5 Å². The van der Waals surface area contributed by atoms with Crippen LogP contribution in [-0.2, 0) is 56.1 Å². The highest BCUT2D eigenvalue weighted by Gasteiger charge is 2.61. The van der Waals surface area contributed by atoms with Crippen LogP contribution >= 0.6 is 0 Å². The van der Waals surface area contributed by atoms with Crippen molar-refractivity contribution in [3.63, 3.8) is 0 Å². The van der Waals surface area contributed by atoms with Crippen molar-refractivity contribution in [2.75, 3.05) is 20.0 Å². The van der Waals surface area contributed by atoms with Gasteiger partial charge in [0.2, 0.25) is 12.1 Å². The summed E-state index contributed by atoms with van der Waals surface area (Å²) in [6, 6.07) is 6.20. The number of benzene rings is 1. The molecule has 1 aromatic carbocycles. The van der Waals surface area contributed by atoms with E-state index in [0.717, 1.165) is 19.3 Å². The zero-order valence-electron chi connectivity index (χ0n) is 26.3. The highest BCUT2D eigenvalue weighted by atomic mass is 17.2. The van der Waals surface area contributed by atoms with Crippen LogP contribution in [0.3, 0.4) is 0 Å². The van der Waals surface area contributed by atoms with E-state index in [2.05, 4.69) is 17.2 Å². The van der Waals surface area contributed by atoms with Crippen molar-refractivity contribution in [3.05, 3.63) is 51.8 Å². The lowest BCUT2D eigenvalue weighted by molar-refractivity contribution is -0.487. The molecule has 15 heteroatoms. The van der Waals surface area contributed by atoms with Crippen molar-refractivity contribution in [1.29, 1.82) is 0 Å². The van der Waals surface area contributed by atoms with Crippen molar-refractivity contribution in [3.8, 4) is 0 Å². The van der Waals surface area contributed by atoms with Gasteiger partial charge >= 0.3 is 0 Å². The minimum absolute atomic E-state index is 0.0306. The molecule has 4 fully saturated rings. The summed E-state index contributed by atoms with van der Waals surface area (Å²) >= 11 is 0. The summed E-state index contributed by atoms with van der Waals surface area (Å²) in [4.78, 5) is 21.9. The Bertz CT molecular complexity index is 1340. The number of nitro groups is 1. The lowest BCUT2D eigenvalue weighted by Gasteiger charge is -2.43. The van der Waals surface area contributed by atoms with Gasteiger partial charge in [0.1, 0.15) is 43.0 Å². The number of hydrogen-bond donors (Lipinski definition) is 0. The quantitative estimate of drug-likeness (QED) is 0.199. The van der Waals surface area contributed by atoms with Gasteiger partial charge in [0.15, 0.2) is 5.79 Å². The average molecular weight is 635 g/mol. The van der Waals surface area contributed by atoms with E-state index in [-0.39, 0.29) is 44.0 Å². The molecule has 7 atom stereocenters. The number of rotatable bonds is 11. The van der Waals surface area contributed by atoms with Crippen LogP contribution in [0.25, 0.3) is 0 Å². The predicted octanol–water partition coefficient (Wildman–Crippen LogP) is 3.95. The third-order valence-corrected chi connectivity index (χ3v) is 8.71. The zero-order valence-corrected chi connectivity index (χ0v) is 26.3. The van der Waals surface area contributed by atoms with Crippen LogP contribution in [0, 0.1) is 16.0 Å². The minimum Gasteiger partial charge on any atom is -0.363 e. The zero-order chi connectivity index (χ0) is 31.8. The van der Waals surface area contributed by atoms with Gasteiger partial charge in [0.05, 0.1) is 30.4 Å². The molecule has 0 amide bonds. The van der Waals surface area contributed by atoms with Crippen molar-refractivity contribution >= 4 is 5.69 Å². The molecule has 4 aliphatic heterocycles.